The van der Waals surface area contributed by atoms with Gasteiger partial charge < -0.3 is 20.1 Å². The number of likely N-dealkylation sites (tertiary alicyclic amines) is 1. The van der Waals surface area contributed by atoms with Gasteiger partial charge in [-0.3, -0.25) is 9.79 Å². The minimum Gasteiger partial charge on any atom is -0.356 e. The van der Waals surface area contributed by atoms with Crippen LogP contribution < -0.4 is 10.6 Å². The summed E-state index contributed by atoms with van der Waals surface area (Å²) in [5.74, 6) is 2.40. The third-order valence-electron chi connectivity index (χ3n) is 5.97. The Morgan fingerprint density at radius 2 is 2.03 bits per heavy atom. The zero-order valence-electron chi connectivity index (χ0n) is 17.8. The van der Waals surface area contributed by atoms with Crippen LogP contribution in [-0.2, 0) is 11.2 Å². The molecule has 0 spiro atoms. The van der Waals surface area contributed by atoms with E-state index in [2.05, 4.69) is 25.8 Å². The molecule has 1 unspecified atom stereocenters. The van der Waals surface area contributed by atoms with E-state index in [1.807, 2.05) is 17.0 Å². The lowest BCUT2D eigenvalue weighted by Crippen LogP contribution is -2.45. The van der Waals surface area contributed by atoms with Crippen LogP contribution in [0.1, 0.15) is 38.0 Å². The molecule has 1 aliphatic carbocycles. The number of nitrogens with zero attached hydrogens (tertiary/aromatic N) is 4. The second-order valence-electron chi connectivity index (χ2n) is 8.16. The van der Waals surface area contributed by atoms with Crippen LogP contribution >= 0.6 is 11.6 Å². The number of carbonyl (C=O) groups is 1. The van der Waals surface area contributed by atoms with Gasteiger partial charge in [0.2, 0.25) is 17.6 Å². The van der Waals surface area contributed by atoms with E-state index in [0.29, 0.717) is 35.6 Å². The third kappa shape index (κ3) is 5.55. The first-order chi connectivity index (χ1) is 15.1. The summed E-state index contributed by atoms with van der Waals surface area (Å²) < 4.78 is 5.35. The number of nitrogens with one attached hydrogen (secondary N) is 2. The van der Waals surface area contributed by atoms with Crippen LogP contribution in [0.2, 0.25) is 5.02 Å². The summed E-state index contributed by atoms with van der Waals surface area (Å²) in [7, 11) is 1.75. The monoisotopic (exact) mass is 444 g/mol. The van der Waals surface area contributed by atoms with Gasteiger partial charge >= 0.3 is 0 Å². The van der Waals surface area contributed by atoms with Crippen LogP contribution in [-0.4, -0.2) is 59.6 Å². The van der Waals surface area contributed by atoms with Crippen molar-refractivity contribution in [1.29, 1.82) is 0 Å². The van der Waals surface area contributed by atoms with Crippen LogP contribution in [0.5, 0.6) is 0 Å². The first-order valence-electron chi connectivity index (χ1n) is 11.0. The van der Waals surface area contributed by atoms with Gasteiger partial charge in [0, 0.05) is 55.6 Å². The van der Waals surface area contributed by atoms with Gasteiger partial charge in [-0.05, 0) is 43.5 Å². The highest BCUT2D eigenvalue weighted by Gasteiger charge is 2.32. The normalized spacial score (nSPS) is 19.7. The number of amides is 1. The predicted molar refractivity (Wildman–Crippen MR) is 120 cm³/mol. The molecule has 1 atom stereocenters. The Morgan fingerprint density at radius 1 is 1.26 bits per heavy atom. The van der Waals surface area contributed by atoms with Crippen molar-refractivity contribution in [2.75, 3.05) is 26.7 Å². The Kier molecular flexibility index (Phi) is 7.06. The Bertz CT molecular complexity index is 907. The molecule has 2 aliphatic rings. The van der Waals surface area contributed by atoms with Crippen molar-refractivity contribution in [3.8, 4) is 11.4 Å². The maximum absolute atomic E-state index is 12.6. The summed E-state index contributed by atoms with van der Waals surface area (Å²) in [6, 6.07) is 7.55. The highest BCUT2D eigenvalue weighted by molar-refractivity contribution is 6.30. The van der Waals surface area contributed by atoms with E-state index in [-0.39, 0.29) is 12.0 Å². The second kappa shape index (κ2) is 10.1. The van der Waals surface area contributed by atoms with Gasteiger partial charge in [-0.15, -0.1) is 0 Å². The number of carbonyl (C=O) groups excluding carboxylic acids is 1. The number of rotatable bonds is 6. The van der Waals surface area contributed by atoms with Crippen LogP contribution in [0.4, 0.5) is 0 Å². The summed E-state index contributed by atoms with van der Waals surface area (Å²) in [5.41, 5.74) is 0.864. The van der Waals surface area contributed by atoms with Gasteiger partial charge in [0.05, 0.1) is 0 Å². The van der Waals surface area contributed by atoms with Gasteiger partial charge in [-0.2, -0.15) is 4.98 Å². The summed E-state index contributed by atoms with van der Waals surface area (Å²) in [6.45, 7) is 2.17. The van der Waals surface area contributed by atoms with E-state index in [1.165, 1.54) is 12.8 Å². The van der Waals surface area contributed by atoms with Crippen LogP contribution in [0, 0.1) is 5.92 Å². The Balaban J connectivity index is 1.21. The van der Waals surface area contributed by atoms with Crippen molar-refractivity contribution in [1.82, 2.24) is 25.7 Å². The zero-order valence-corrected chi connectivity index (χ0v) is 18.6. The number of hydrogen-bond donors (Lipinski definition) is 2. The molecule has 31 heavy (non-hydrogen) atoms. The lowest BCUT2D eigenvalue weighted by atomic mass is 10.1. The van der Waals surface area contributed by atoms with Gasteiger partial charge in [0.25, 0.3) is 0 Å². The average Bonchev–Trinajstić information content (AvgIpc) is 3.55. The van der Waals surface area contributed by atoms with E-state index in [4.69, 9.17) is 16.1 Å². The number of guanidine groups is 1. The summed E-state index contributed by atoms with van der Waals surface area (Å²) in [5, 5.41) is 11.4. The molecule has 9 heteroatoms. The highest BCUT2D eigenvalue weighted by atomic mass is 35.5. The quantitative estimate of drug-likeness (QED) is 0.525. The third-order valence-corrected chi connectivity index (χ3v) is 6.22. The minimum absolute atomic E-state index is 0.219. The van der Waals surface area contributed by atoms with Crippen molar-refractivity contribution in [2.24, 2.45) is 10.9 Å². The highest BCUT2D eigenvalue weighted by Crippen LogP contribution is 2.27. The molecule has 1 aliphatic heterocycles. The molecular weight excluding hydrogens is 416 g/mol. The molecule has 1 aromatic heterocycles. The topological polar surface area (TPSA) is 95.7 Å². The lowest BCUT2D eigenvalue weighted by Gasteiger charge is -2.21. The number of aromatic nitrogens is 2. The SMILES string of the molecule is CN=C(NCCc1nc(-c2ccc(Cl)cc2)no1)NC1CCN(C(=O)C2CCCC2)C1. The van der Waals surface area contributed by atoms with E-state index in [9.17, 15) is 4.79 Å². The van der Waals surface area contributed by atoms with Crippen molar-refractivity contribution in [3.05, 3.63) is 35.2 Å². The molecule has 2 fully saturated rings. The fraction of sp³-hybridized carbons (Fsp3) is 0.545. The van der Waals surface area contributed by atoms with E-state index < -0.39 is 0 Å². The fourth-order valence-corrected chi connectivity index (χ4v) is 4.38. The Labute approximate surface area is 187 Å². The maximum Gasteiger partial charge on any atom is 0.228 e. The van der Waals surface area contributed by atoms with Gasteiger partial charge in [0.15, 0.2) is 5.96 Å². The molecule has 166 valence electrons. The number of aliphatic imine (C=N–C) groups is 1. The molecule has 2 N–H and O–H groups in total. The van der Waals surface area contributed by atoms with Crippen molar-refractivity contribution in [3.63, 3.8) is 0 Å². The van der Waals surface area contributed by atoms with Crippen molar-refractivity contribution >= 4 is 23.5 Å². The zero-order chi connectivity index (χ0) is 21.6. The van der Waals surface area contributed by atoms with Crippen LogP contribution in [0.25, 0.3) is 11.4 Å². The summed E-state index contributed by atoms with van der Waals surface area (Å²) in [6.07, 6.45) is 5.98. The molecule has 0 radical (unpaired) electrons. The molecule has 0 bridgehead atoms. The van der Waals surface area contributed by atoms with E-state index >= 15 is 0 Å². The van der Waals surface area contributed by atoms with Gasteiger partial charge in [-0.25, -0.2) is 0 Å². The van der Waals surface area contributed by atoms with Crippen molar-refractivity contribution < 1.29 is 9.32 Å². The van der Waals surface area contributed by atoms with E-state index in [1.54, 1.807) is 19.2 Å². The predicted octanol–water partition coefficient (Wildman–Crippen LogP) is 2.89. The van der Waals surface area contributed by atoms with Crippen LogP contribution in [0.3, 0.4) is 0 Å². The second-order valence-corrected chi connectivity index (χ2v) is 8.60. The number of hydrogen-bond acceptors (Lipinski definition) is 5. The first-order valence-corrected chi connectivity index (χ1v) is 11.3. The minimum atomic E-state index is 0.219. The molecule has 2 aromatic rings. The fourth-order valence-electron chi connectivity index (χ4n) is 4.26. The number of halogens is 1. The largest absolute Gasteiger partial charge is 0.356 e. The van der Waals surface area contributed by atoms with Gasteiger partial charge in [0.1, 0.15) is 0 Å². The van der Waals surface area contributed by atoms with Crippen molar-refractivity contribution in [2.45, 2.75) is 44.6 Å². The Morgan fingerprint density at radius 3 is 2.77 bits per heavy atom. The first kappa shape index (κ1) is 21.6. The molecule has 1 saturated heterocycles. The average molecular weight is 445 g/mol. The number of benzene rings is 1. The molecule has 4 rings (SSSR count). The van der Waals surface area contributed by atoms with E-state index in [0.717, 1.165) is 43.9 Å². The smallest absolute Gasteiger partial charge is 0.228 e. The molecular formula is C22H29ClN6O2. The Hall–Kier alpha value is -2.61. The maximum atomic E-state index is 12.6. The molecule has 8 nitrogen and oxygen atoms in total. The summed E-state index contributed by atoms with van der Waals surface area (Å²) in [4.78, 5) is 23.4. The van der Waals surface area contributed by atoms with Crippen LogP contribution in [0.15, 0.2) is 33.8 Å². The molecule has 1 amide bonds. The summed E-state index contributed by atoms with van der Waals surface area (Å²) >= 11 is 5.92. The standard InChI is InChI=1S/C22H29ClN6O2/c1-24-22(26-18-11-13-29(14-18)21(30)16-4-2-3-5-16)25-12-10-19-27-20(28-31-19)15-6-8-17(23)9-7-15/h6-9,16,18H,2-5,10-14H2,1H3,(H2,24,25,26). The molecule has 1 aromatic carbocycles. The van der Waals surface area contributed by atoms with Gasteiger partial charge in [-0.1, -0.05) is 29.6 Å². The molecule has 2 heterocycles. The molecule has 1 saturated carbocycles. The lowest BCUT2D eigenvalue weighted by molar-refractivity contribution is -0.134.